The van der Waals surface area contributed by atoms with E-state index in [1.54, 1.807) is 0 Å². The molecule has 0 aromatic carbocycles. The van der Waals surface area contributed by atoms with E-state index in [9.17, 15) is 14.7 Å². The van der Waals surface area contributed by atoms with Crippen molar-refractivity contribution in [3.63, 3.8) is 0 Å². The number of nitrogens with zero attached hydrogens (tertiary/aromatic N) is 2. The molecule has 19 heavy (non-hydrogen) atoms. The van der Waals surface area contributed by atoms with Gasteiger partial charge in [0.2, 0.25) is 5.91 Å². The summed E-state index contributed by atoms with van der Waals surface area (Å²) in [6.07, 6.45) is 1.73. The van der Waals surface area contributed by atoms with Gasteiger partial charge in [0, 0.05) is 26.1 Å². The van der Waals surface area contributed by atoms with Gasteiger partial charge in [0.05, 0.1) is 12.1 Å². The molecule has 1 N–H and O–H groups in total. The molecule has 1 unspecified atom stereocenters. The molecule has 2 aliphatic rings. The number of amides is 1. The number of carboxylic acid groups (broad SMARTS) is 1. The van der Waals surface area contributed by atoms with Crippen LogP contribution in [0.3, 0.4) is 0 Å². The fourth-order valence-corrected chi connectivity index (χ4v) is 2.52. The van der Waals surface area contributed by atoms with Crippen LogP contribution in [0.2, 0.25) is 0 Å². The zero-order valence-electron chi connectivity index (χ0n) is 11.4. The summed E-state index contributed by atoms with van der Waals surface area (Å²) in [6, 6.07) is 0. The van der Waals surface area contributed by atoms with Crippen molar-refractivity contribution in [2.75, 3.05) is 13.2 Å². The maximum absolute atomic E-state index is 12.1. The predicted molar refractivity (Wildman–Crippen MR) is 68.8 cm³/mol. The molecule has 2 rings (SSSR count). The molecule has 0 spiro atoms. The van der Waals surface area contributed by atoms with Gasteiger partial charge in [-0.15, -0.1) is 0 Å². The highest BCUT2D eigenvalue weighted by Gasteiger charge is 2.50. The van der Waals surface area contributed by atoms with Crippen LogP contribution in [0, 0.1) is 5.92 Å². The first-order valence-electron chi connectivity index (χ1n) is 6.73. The van der Waals surface area contributed by atoms with E-state index in [4.69, 9.17) is 4.74 Å². The summed E-state index contributed by atoms with van der Waals surface area (Å²) in [5.41, 5.74) is -0.426. The summed E-state index contributed by atoms with van der Waals surface area (Å²) in [5.74, 6) is -0.988. The van der Waals surface area contributed by atoms with Gasteiger partial charge in [0.15, 0.2) is 5.54 Å². The highest BCUT2D eigenvalue weighted by molar-refractivity contribution is 6.07. The molecule has 0 bridgehead atoms. The molecular formula is C13H20N2O4. The third kappa shape index (κ3) is 2.36. The molecule has 0 aromatic rings. The van der Waals surface area contributed by atoms with E-state index in [1.165, 1.54) is 5.01 Å². The van der Waals surface area contributed by atoms with Crippen molar-refractivity contribution in [3.8, 4) is 0 Å². The standard InChI is InChI=1S/C13H20N2O4/c1-3-9(2)10-8-11(16)15(14-10)13(12(17)18)4-6-19-7-5-13/h9H,3-8H2,1-2H3,(H,17,18). The van der Waals surface area contributed by atoms with Crippen molar-refractivity contribution in [1.29, 1.82) is 0 Å². The third-order valence-corrected chi connectivity index (χ3v) is 4.10. The molecule has 2 aliphatic heterocycles. The molecule has 0 aliphatic carbocycles. The quantitative estimate of drug-likeness (QED) is 0.832. The molecule has 6 nitrogen and oxygen atoms in total. The Morgan fingerprint density at radius 2 is 2.16 bits per heavy atom. The van der Waals surface area contributed by atoms with E-state index in [0.29, 0.717) is 26.1 Å². The number of ether oxygens (including phenoxy) is 1. The van der Waals surface area contributed by atoms with Crippen LogP contribution in [0.25, 0.3) is 0 Å². The van der Waals surface area contributed by atoms with E-state index >= 15 is 0 Å². The van der Waals surface area contributed by atoms with Crippen molar-refractivity contribution in [2.24, 2.45) is 11.0 Å². The Morgan fingerprint density at radius 3 is 2.68 bits per heavy atom. The lowest BCUT2D eigenvalue weighted by Gasteiger charge is -2.38. The summed E-state index contributed by atoms with van der Waals surface area (Å²) in [5, 5.41) is 15.1. The molecule has 0 aromatic heterocycles. The molecule has 2 heterocycles. The average molecular weight is 268 g/mol. The number of carboxylic acids is 1. The fraction of sp³-hybridized carbons (Fsp3) is 0.769. The molecule has 1 atom stereocenters. The summed E-state index contributed by atoms with van der Waals surface area (Å²) in [6.45, 7) is 4.74. The highest BCUT2D eigenvalue weighted by atomic mass is 16.5. The van der Waals surface area contributed by atoms with E-state index in [-0.39, 0.29) is 18.2 Å². The number of hydrogen-bond acceptors (Lipinski definition) is 4. The lowest BCUT2D eigenvalue weighted by Crippen LogP contribution is -2.56. The van der Waals surface area contributed by atoms with Gasteiger partial charge in [0.1, 0.15) is 0 Å². The Bertz CT molecular complexity index is 413. The normalized spacial score (nSPS) is 24.2. The predicted octanol–water partition coefficient (Wildman–Crippen LogP) is 1.25. The van der Waals surface area contributed by atoms with Crippen LogP contribution in [0.15, 0.2) is 5.10 Å². The van der Waals surface area contributed by atoms with Gasteiger partial charge in [-0.05, 0) is 12.3 Å². The van der Waals surface area contributed by atoms with Crippen molar-refractivity contribution in [2.45, 2.75) is 45.1 Å². The first kappa shape index (κ1) is 14.0. The minimum Gasteiger partial charge on any atom is -0.479 e. The average Bonchev–Trinajstić information content (AvgIpc) is 2.81. The third-order valence-electron chi connectivity index (χ3n) is 4.10. The maximum atomic E-state index is 12.1. The number of rotatable bonds is 4. The number of carbonyl (C=O) groups is 2. The highest BCUT2D eigenvalue weighted by Crippen LogP contribution is 2.33. The SMILES string of the molecule is CCC(C)C1=NN(C2(C(=O)O)CCOCC2)C(=O)C1. The van der Waals surface area contributed by atoms with E-state index in [2.05, 4.69) is 5.10 Å². The van der Waals surface area contributed by atoms with Crippen LogP contribution in [0.1, 0.15) is 39.5 Å². The van der Waals surface area contributed by atoms with Gasteiger partial charge < -0.3 is 9.84 Å². The lowest BCUT2D eigenvalue weighted by molar-refractivity contribution is -0.165. The molecule has 106 valence electrons. The van der Waals surface area contributed by atoms with Crippen molar-refractivity contribution in [3.05, 3.63) is 0 Å². The second-order valence-corrected chi connectivity index (χ2v) is 5.23. The lowest BCUT2D eigenvalue weighted by atomic mass is 9.89. The van der Waals surface area contributed by atoms with E-state index in [1.807, 2.05) is 13.8 Å². The van der Waals surface area contributed by atoms with Crippen LogP contribution < -0.4 is 0 Å². The molecule has 0 saturated carbocycles. The summed E-state index contributed by atoms with van der Waals surface area (Å²) >= 11 is 0. The van der Waals surface area contributed by atoms with Crippen LogP contribution in [0.5, 0.6) is 0 Å². The summed E-state index contributed by atoms with van der Waals surface area (Å²) in [7, 11) is 0. The molecule has 6 heteroatoms. The second kappa shape index (κ2) is 5.28. The first-order valence-corrected chi connectivity index (χ1v) is 6.73. The van der Waals surface area contributed by atoms with Crippen LogP contribution in [0.4, 0.5) is 0 Å². The molecule has 0 radical (unpaired) electrons. The molecule has 1 fully saturated rings. The summed E-state index contributed by atoms with van der Waals surface area (Å²) < 4.78 is 5.22. The fourth-order valence-electron chi connectivity index (χ4n) is 2.52. The number of hydrogen-bond donors (Lipinski definition) is 1. The topological polar surface area (TPSA) is 79.2 Å². The van der Waals surface area contributed by atoms with Crippen molar-refractivity contribution in [1.82, 2.24) is 5.01 Å². The van der Waals surface area contributed by atoms with Crippen molar-refractivity contribution < 1.29 is 19.4 Å². The van der Waals surface area contributed by atoms with Crippen LogP contribution in [-0.2, 0) is 14.3 Å². The van der Waals surface area contributed by atoms with Gasteiger partial charge in [-0.3, -0.25) is 4.79 Å². The smallest absolute Gasteiger partial charge is 0.331 e. The number of carbonyl (C=O) groups excluding carboxylic acids is 1. The van der Waals surface area contributed by atoms with Crippen LogP contribution in [-0.4, -0.2) is 46.5 Å². The van der Waals surface area contributed by atoms with Gasteiger partial charge >= 0.3 is 5.97 Å². The van der Waals surface area contributed by atoms with E-state index < -0.39 is 11.5 Å². The zero-order chi connectivity index (χ0) is 14.0. The van der Waals surface area contributed by atoms with Gasteiger partial charge in [-0.2, -0.15) is 5.10 Å². The Kier molecular flexibility index (Phi) is 3.89. The second-order valence-electron chi connectivity index (χ2n) is 5.23. The first-order chi connectivity index (χ1) is 9.01. The Balaban J connectivity index is 2.29. The minimum absolute atomic E-state index is 0.208. The monoisotopic (exact) mass is 268 g/mol. The van der Waals surface area contributed by atoms with Gasteiger partial charge in [0.25, 0.3) is 0 Å². The van der Waals surface area contributed by atoms with E-state index in [0.717, 1.165) is 12.1 Å². The molecular weight excluding hydrogens is 248 g/mol. The zero-order valence-corrected chi connectivity index (χ0v) is 11.4. The minimum atomic E-state index is -1.22. The van der Waals surface area contributed by atoms with Crippen molar-refractivity contribution >= 4 is 17.6 Å². The van der Waals surface area contributed by atoms with Gasteiger partial charge in [-0.25, -0.2) is 9.80 Å². The largest absolute Gasteiger partial charge is 0.479 e. The Labute approximate surface area is 112 Å². The van der Waals surface area contributed by atoms with Gasteiger partial charge in [-0.1, -0.05) is 13.8 Å². The molecule has 1 saturated heterocycles. The number of hydrazone groups is 1. The summed E-state index contributed by atoms with van der Waals surface area (Å²) in [4.78, 5) is 23.8. The number of aliphatic carboxylic acids is 1. The Morgan fingerprint density at radius 1 is 1.53 bits per heavy atom. The maximum Gasteiger partial charge on any atom is 0.331 e. The Hall–Kier alpha value is -1.43. The molecule has 1 amide bonds. The van der Waals surface area contributed by atoms with Crippen LogP contribution >= 0.6 is 0 Å².